The Morgan fingerprint density at radius 1 is 1.36 bits per heavy atom. The molecule has 1 aromatic heterocycles. The number of primary amides is 1. The molecule has 0 fully saturated rings. The van der Waals surface area contributed by atoms with Gasteiger partial charge < -0.3 is 15.8 Å². The van der Waals surface area contributed by atoms with Gasteiger partial charge in [-0.2, -0.15) is 0 Å². The van der Waals surface area contributed by atoms with Crippen molar-refractivity contribution in [3.63, 3.8) is 0 Å². The molecular weight excluding hydrogens is 336 g/mol. The van der Waals surface area contributed by atoms with Crippen molar-refractivity contribution >= 4 is 28.8 Å². The fourth-order valence-corrected chi connectivity index (χ4v) is 4.17. The maximum absolute atomic E-state index is 12.5. The summed E-state index contributed by atoms with van der Waals surface area (Å²) >= 11 is 1.59. The van der Waals surface area contributed by atoms with Crippen LogP contribution in [-0.2, 0) is 17.6 Å². The van der Waals surface area contributed by atoms with Crippen molar-refractivity contribution in [2.24, 2.45) is 11.7 Å². The number of hydrogen-bond acceptors (Lipinski definition) is 4. The molecule has 1 aromatic carbocycles. The van der Waals surface area contributed by atoms with Crippen molar-refractivity contribution in [1.29, 1.82) is 0 Å². The second-order valence-electron chi connectivity index (χ2n) is 6.31. The quantitative estimate of drug-likeness (QED) is 0.830. The maximum atomic E-state index is 12.5. The van der Waals surface area contributed by atoms with Gasteiger partial charge in [0.1, 0.15) is 5.75 Å². The highest BCUT2D eigenvalue weighted by atomic mass is 32.1. The molecule has 3 N–H and O–H groups in total. The van der Waals surface area contributed by atoms with Crippen molar-refractivity contribution in [3.05, 3.63) is 45.6 Å². The number of benzene rings is 1. The average molecular weight is 358 g/mol. The number of amides is 2. The van der Waals surface area contributed by atoms with Crippen molar-refractivity contribution < 1.29 is 14.3 Å². The van der Waals surface area contributed by atoms with Crippen LogP contribution in [0.15, 0.2) is 30.3 Å². The summed E-state index contributed by atoms with van der Waals surface area (Å²) in [6.45, 7) is 2.04. The standard InChI is InChI=1S/C19H22N2O3S/c1-2-12-6-7-16-13(8-12)9-17(25-16)19(23)21-14-4-3-5-15(10-14)24-11-18(20)22/h3-5,9-10,12H,2,6-8,11H2,1H3,(H2,20,22)(H,21,23). The highest BCUT2D eigenvalue weighted by molar-refractivity contribution is 7.14. The molecule has 0 bridgehead atoms. The number of anilines is 1. The minimum atomic E-state index is -0.538. The van der Waals surface area contributed by atoms with E-state index in [2.05, 4.69) is 12.2 Å². The van der Waals surface area contributed by atoms with Crippen molar-refractivity contribution in [3.8, 4) is 5.75 Å². The van der Waals surface area contributed by atoms with Crippen LogP contribution in [0.25, 0.3) is 0 Å². The lowest BCUT2D eigenvalue weighted by molar-refractivity contribution is -0.119. The number of ether oxygens (including phenoxy) is 1. The van der Waals surface area contributed by atoms with Crippen LogP contribution in [-0.4, -0.2) is 18.4 Å². The van der Waals surface area contributed by atoms with Crippen molar-refractivity contribution in [2.75, 3.05) is 11.9 Å². The van der Waals surface area contributed by atoms with E-state index in [1.54, 1.807) is 35.6 Å². The van der Waals surface area contributed by atoms with Crippen molar-refractivity contribution in [2.45, 2.75) is 32.6 Å². The van der Waals surface area contributed by atoms with Crippen LogP contribution in [0, 0.1) is 5.92 Å². The smallest absolute Gasteiger partial charge is 0.265 e. The van der Waals surface area contributed by atoms with Gasteiger partial charge in [0.05, 0.1) is 4.88 Å². The molecule has 1 heterocycles. The predicted octanol–water partition coefficient (Wildman–Crippen LogP) is 3.38. The van der Waals surface area contributed by atoms with Crippen LogP contribution >= 0.6 is 11.3 Å². The summed E-state index contributed by atoms with van der Waals surface area (Å²) in [5.74, 6) is 0.577. The fraction of sp³-hybridized carbons (Fsp3) is 0.368. The zero-order valence-corrected chi connectivity index (χ0v) is 15.0. The van der Waals surface area contributed by atoms with E-state index in [1.807, 2.05) is 6.07 Å². The summed E-state index contributed by atoms with van der Waals surface area (Å²) in [4.78, 5) is 25.4. The highest BCUT2D eigenvalue weighted by Gasteiger charge is 2.22. The third kappa shape index (κ3) is 4.39. The summed E-state index contributed by atoms with van der Waals surface area (Å²) < 4.78 is 5.26. The number of hydrogen-bond donors (Lipinski definition) is 2. The number of fused-ring (bicyclic) bond motifs is 1. The first kappa shape index (κ1) is 17.5. The van der Waals surface area contributed by atoms with E-state index in [4.69, 9.17) is 10.5 Å². The van der Waals surface area contributed by atoms with Crippen LogP contribution in [0.1, 0.15) is 39.9 Å². The largest absolute Gasteiger partial charge is 0.484 e. The molecule has 2 aromatic rings. The average Bonchev–Trinajstić information content (AvgIpc) is 3.03. The monoisotopic (exact) mass is 358 g/mol. The van der Waals surface area contributed by atoms with Gasteiger partial charge in [0, 0.05) is 16.6 Å². The molecule has 0 saturated carbocycles. The minimum Gasteiger partial charge on any atom is -0.484 e. The topological polar surface area (TPSA) is 81.4 Å². The summed E-state index contributed by atoms with van der Waals surface area (Å²) in [6.07, 6.45) is 4.55. The predicted molar refractivity (Wildman–Crippen MR) is 99.2 cm³/mol. The lowest BCUT2D eigenvalue weighted by Crippen LogP contribution is -2.20. The first-order chi connectivity index (χ1) is 12.0. The van der Waals surface area contributed by atoms with E-state index in [9.17, 15) is 9.59 Å². The molecule has 5 nitrogen and oxygen atoms in total. The SMILES string of the molecule is CCC1CCc2sc(C(=O)Nc3cccc(OCC(N)=O)c3)cc2C1. The lowest BCUT2D eigenvalue weighted by Gasteiger charge is -2.19. The minimum absolute atomic E-state index is 0.112. The molecule has 1 unspecified atom stereocenters. The molecule has 6 heteroatoms. The van der Waals surface area contributed by atoms with Crippen LogP contribution in [0.4, 0.5) is 5.69 Å². The number of carbonyl (C=O) groups excluding carboxylic acids is 2. The summed E-state index contributed by atoms with van der Waals surface area (Å²) in [7, 11) is 0. The van der Waals surface area contributed by atoms with E-state index in [0.717, 1.165) is 23.6 Å². The van der Waals surface area contributed by atoms with Gasteiger partial charge in [-0.05, 0) is 48.9 Å². The molecule has 1 aliphatic carbocycles. The van der Waals surface area contributed by atoms with Crippen molar-refractivity contribution in [1.82, 2.24) is 0 Å². The van der Waals surface area contributed by atoms with Gasteiger partial charge in [0.15, 0.2) is 6.61 Å². The van der Waals surface area contributed by atoms with E-state index in [0.29, 0.717) is 11.4 Å². The molecule has 0 saturated heterocycles. The summed E-state index contributed by atoms with van der Waals surface area (Å²) in [5.41, 5.74) is 7.03. The van der Waals surface area contributed by atoms with Gasteiger partial charge in [-0.15, -0.1) is 11.3 Å². The Hall–Kier alpha value is -2.34. The van der Waals surface area contributed by atoms with Gasteiger partial charge in [0.25, 0.3) is 11.8 Å². The van der Waals surface area contributed by atoms with Crippen LogP contribution in [0.2, 0.25) is 0 Å². The van der Waals surface area contributed by atoms with Gasteiger partial charge in [-0.3, -0.25) is 9.59 Å². The molecule has 132 valence electrons. The summed E-state index contributed by atoms with van der Waals surface area (Å²) in [6, 6.07) is 8.98. The van der Waals surface area contributed by atoms with E-state index in [-0.39, 0.29) is 12.5 Å². The summed E-state index contributed by atoms with van der Waals surface area (Å²) in [5, 5.41) is 2.90. The zero-order valence-electron chi connectivity index (χ0n) is 14.2. The fourth-order valence-electron chi connectivity index (χ4n) is 3.07. The van der Waals surface area contributed by atoms with Crippen LogP contribution < -0.4 is 15.8 Å². The first-order valence-electron chi connectivity index (χ1n) is 8.49. The number of aryl methyl sites for hydroxylation is 1. The van der Waals surface area contributed by atoms with Gasteiger partial charge in [-0.25, -0.2) is 0 Å². The molecule has 0 aliphatic heterocycles. The lowest BCUT2D eigenvalue weighted by atomic mass is 9.87. The normalized spacial score (nSPS) is 16.1. The number of nitrogens with one attached hydrogen (secondary N) is 1. The van der Waals surface area contributed by atoms with E-state index < -0.39 is 5.91 Å². The number of thiophene rings is 1. The molecule has 25 heavy (non-hydrogen) atoms. The van der Waals surface area contributed by atoms with E-state index >= 15 is 0 Å². The number of nitrogens with two attached hydrogens (primary N) is 1. The molecule has 3 rings (SSSR count). The molecule has 1 aliphatic rings. The van der Waals surface area contributed by atoms with E-state index in [1.165, 1.54) is 23.3 Å². The Balaban J connectivity index is 1.67. The van der Waals surface area contributed by atoms with Crippen LogP contribution in [0.3, 0.4) is 0 Å². The third-order valence-electron chi connectivity index (χ3n) is 4.46. The van der Waals surface area contributed by atoms with Gasteiger partial charge in [-0.1, -0.05) is 19.4 Å². The zero-order chi connectivity index (χ0) is 17.8. The highest BCUT2D eigenvalue weighted by Crippen LogP contribution is 2.34. The second kappa shape index (κ2) is 7.70. The molecule has 2 amide bonds. The Kier molecular flexibility index (Phi) is 5.38. The Labute approximate surface area is 151 Å². The number of carbonyl (C=O) groups is 2. The van der Waals surface area contributed by atoms with Crippen LogP contribution in [0.5, 0.6) is 5.75 Å². The Morgan fingerprint density at radius 3 is 2.96 bits per heavy atom. The molecular formula is C19H22N2O3S. The maximum Gasteiger partial charge on any atom is 0.265 e. The first-order valence-corrected chi connectivity index (χ1v) is 9.31. The number of rotatable bonds is 6. The molecule has 1 atom stereocenters. The Bertz CT molecular complexity index is 785. The molecule has 0 spiro atoms. The van der Waals surface area contributed by atoms with Gasteiger partial charge in [0.2, 0.25) is 0 Å². The molecule has 0 radical (unpaired) electrons. The third-order valence-corrected chi connectivity index (χ3v) is 5.69. The second-order valence-corrected chi connectivity index (χ2v) is 7.45. The Morgan fingerprint density at radius 2 is 2.20 bits per heavy atom. The van der Waals surface area contributed by atoms with Gasteiger partial charge >= 0.3 is 0 Å².